The first-order valence-corrected chi connectivity index (χ1v) is 7.46. The van der Waals surface area contributed by atoms with E-state index in [1.807, 2.05) is 27.9 Å². The number of barbiturate groups is 1. The van der Waals surface area contributed by atoms with Crippen molar-refractivity contribution < 1.29 is 23.2 Å². The Kier molecular flexibility index (Phi) is 3.99. The Balaban J connectivity index is 2.04. The molecule has 0 aliphatic carbocycles. The van der Waals surface area contributed by atoms with Gasteiger partial charge in [-0.3, -0.25) is 14.9 Å². The van der Waals surface area contributed by atoms with E-state index in [1.54, 1.807) is 12.1 Å². The van der Waals surface area contributed by atoms with E-state index in [9.17, 15) is 18.8 Å². The Bertz CT molecular complexity index is 859. The number of hydrogen-bond donors (Lipinski definition) is 1. The third kappa shape index (κ3) is 2.89. The van der Waals surface area contributed by atoms with Crippen molar-refractivity contribution in [2.75, 3.05) is 4.90 Å². The van der Waals surface area contributed by atoms with Crippen LogP contribution in [0.4, 0.5) is 14.9 Å². The van der Waals surface area contributed by atoms with Gasteiger partial charge in [-0.25, -0.2) is 14.1 Å². The van der Waals surface area contributed by atoms with Gasteiger partial charge >= 0.3 is 6.03 Å². The molecule has 2 aromatic rings. The second kappa shape index (κ2) is 5.95. The van der Waals surface area contributed by atoms with Gasteiger partial charge in [0.1, 0.15) is 17.2 Å². The van der Waals surface area contributed by atoms with E-state index in [0.717, 1.165) is 6.07 Å². The van der Waals surface area contributed by atoms with E-state index >= 15 is 0 Å². The minimum Gasteiger partial charge on any atom is -0.451 e. The number of rotatable bonds is 2. The number of urea groups is 1. The quantitative estimate of drug-likeness (QED) is 0.455. The van der Waals surface area contributed by atoms with Crippen LogP contribution in [-0.4, -0.2) is 17.8 Å². The first-order chi connectivity index (χ1) is 11.0. The number of benzene rings is 1. The van der Waals surface area contributed by atoms with Gasteiger partial charge in [0, 0.05) is 0 Å². The molecular formula is C15H8FIN2O4. The van der Waals surface area contributed by atoms with Crippen LogP contribution in [0.2, 0.25) is 0 Å². The monoisotopic (exact) mass is 426 g/mol. The van der Waals surface area contributed by atoms with Gasteiger partial charge in [-0.1, -0.05) is 12.1 Å². The van der Waals surface area contributed by atoms with Crippen LogP contribution >= 0.6 is 22.6 Å². The maximum Gasteiger partial charge on any atom is 0.336 e. The summed E-state index contributed by atoms with van der Waals surface area (Å²) in [5.74, 6) is -2.26. The van der Waals surface area contributed by atoms with Crippen molar-refractivity contribution in [3.63, 3.8) is 0 Å². The predicted molar refractivity (Wildman–Crippen MR) is 86.8 cm³/mol. The number of nitrogens with zero attached hydrogens (tertiary/aromatic N) is 1. The highest BCUT2D eigenvalue weighted by atomic mass is 127. The average Bonchev–Trinajstić information content (AvgIpc) is 2.91. The fourth-order valence-electron chi connectivity index (χ4n) is 2.06. The largest absolute Gasteiger partial charge is 0.451 e. The number of amides is 4. The lowest BCUT2D eigenvalue weighted by Gasteiger charge is -2.26. The molecule has 1 aromatic carbocycles. The van der Waals surface area contributed by atoms with Gasteiger partial charge in [0.15, 0.2) is 3.77 Å². The summed E-state index contributed by atoms with van der Waals surface area (Å²) in [4.78, 5) is 36.9. The first-order valence-electron chi connectivity index (χ1n) is 6.38. The van der Waals surface area contributed by atoms with Crippen molar-refractivity contribution in [2.45, 2.75) is 0 Å². The van der Waals surface area contributed by atoms with Crippen LogP contribution in [0.5, 0.6) is 0 Å². The van der Waals surface area contributed by atoms with Crippen LogP contribution < -0.4 is 10.2 Å². The van der Waals surface area contributed by atoms with Crippen LogP contribution in [0.15, 0.2) is 46.4 Å². The molecule has 1 aliphatic heterocycles. The van der Waals surface area contributed by atoms with Gasteiger partial charge in [-0.15, -0.1) is 0 Å². The Hall–Kier alpha value is -2.49. The lowest BCUT2D eigenvalue weighted by molar-refractivity contribution is -0.122. The molecule has 4 amide bonds. The van der Waals surface area contributed by atoms with Crippen LogP contribution in [0, 0.1) is 9.58 Å². The van der Waals surface area contributed by atoms with Gasteiger partial charge in [0.2, 0.25) is 0 Å². The van der Waals surface area contributed by atoms with Gasteiger partial charge in [-0.05, 0) is 52.9 Å². The lowest BCUT2D eigenvalue weighted by atomic mass is 10.1. The zero-order chi connectivity index (χ0) is 16.6. The molecule has 8 heteroatoms. The Labute approximate surface area is 143 Å². The van der Waals surface area contributed by atoms with Gasteiger partial charge in [0.05, 0.1) is 5.69 Å². The molecule has 0 spiro atoms. The third-order valence-electron chi connectivity index (χ3n) is 3.08. The number of carbonyl (C=O) groups is 3. The minimum absolute atomic E-state index is 0.234. The van der Waals surface area contributed by atoms with Crippen molar-refractivity contribution in [1.82, 2.24) is 5.32 Å². The fraction of sp³-hybridized carbons (Fsp3) is 0. The molecule has 1 aliphatic rings. The molecule has 3 rings (SSSR count). The van der Waals surface area contributed by atoms with E-state index in [1.165, 1.54) is 24.3 Å². The highest BCUT2D eigenvalue weighted by molar-refractivity contribution is 14.1. The average molecular weight is 426 g/mol. The first kappa shape index (κ1) is 15.4. The molecule has 1 N–H and O–H groups in total. The molecule has 0 atom stereocenters. The van der Waals surface area contributed by atoms with Gasteiger partial charge in [0.25, 0.3) is 11.8 Å². The van der Waals surface area contributed by atoms with E-state index in [2.05, 4.69) is 0 Å². The second-order valence-corrected chi connectivity index (χ2v) is 5.61. The van der Waals surface area contributed by atoms with Crippen LogP contribution in [0.25, 0.3) is 6.08 Å². The number of furan rings is 1. The summed E-state index contributed by atoms with van der Waals surface area (Å²) in [5, 5.41) is 2.01. The Morgan fingerprint density at radius 1 is 1.13 bits per heavy atom. The number of carbonyl (C=O) groups excluding carboxylic acids is 3. The Morgan fingerprint density at radius 2 is 1.87 bits per heavy atom. The number of halogens is 2. The Morgan fingerprint density at radius 3 is 2.52 bits per heavy atom. The van der Waals surface area contributed by atoms with Gasteiger partial charge in [-0.2, -0.15) is 0 Å². The molecule has 2 heterocycles. The molecule has 0 unspecified atom stereocenters. The molecule has 1 fully saturated rings. The van der Waals surface area contributed by atoms with Gasteiger partial charge < -0.3 is 4.42 Å². The summed E-state index contributed by atoms with van der Waals surface area (Å²) in [7, 11) is 0. The van der Waals surface area contributed by atoms with Crippen molar-refractivity contribution in [2.24, 2.45) is 0 Å². The molecule has 1 saturated heterocycles. The molecule has 6 nitrogen and oxygen atoms in total. The van der Waals surface area contributed by atoms with Crippen LogP contribution in [-0.2, 0) is 9.59 Å². The van der Waals surface area contributed by atoms with Crippen molar-refractivity contribution >= 4 is 52.2 Å². The summed E-state index contributed by atoms with van der Waals surface area (Å²) in [6.07, 6.45) is 1.21. The third-order valence-corrected chi connectivity index (χ3v) is 3.66. The zero-order valence-corrected chi connectivity index (χ0v) is 13.5. The summed E-state index contributed by atoms with van der Waals surface area (Å²) in [5.41, 5.74) is -0.555. The highest BCUT2D eigenvalue weighted by Crippen LogP contribution is 2.24. The second-order valence-electron chi connectivity index (χ2n) is 4.55. The maximum absolute atomic E-state index is 13.9. The molecule has 0 radical (unpaired) electrons. The van der Waals surface area contributed by atoms with E-state index < -0.39 is 23.7 Å². The molecule has 23 heavy (non-hydrogen) atoms. The van der Waals surface area contributed by atoms with Crippen LogP contribution in [0.3, 0.4) is 0 Å². The summed E-state index contributed by atoms with van der Waals surface area (Å²) in [6, 6.07) is 7.51. The summed E-state index contributed by atoms with van der Waals surface area (Å²) < 4.78 is 19.7. The topological polar surface area (TPSA) is 79.6 Å². The highest BCUT2D eigenvalue weighted by Gasteiger charge is 2.38. The number of imide groups is 2. The molecule has 116 valence electrons. The smallest absolute Gasteiger partial charge is 0.336 e. The lowest BCUT2D eigenvalue weighted by Crippen LogP contribution is -2.54. The van der Waals surface area contributed by atoms with Crippen molar-refractivity contribution in [1.29, 1.82) is 0 Å². The molecule has 0 bridgehead atoms. The van der Waals surface area contributed by atoms with E-state index in [-0.39, 0.29) is 17.0 Å². The summed E-state index contributed by atoms with van der Waals surface area (Å²) in [6.45, 7) is 0. The molecular weight excluding hydrogens is 418 g/mol. The molecule has 0 saturated carbocycles. The van der Waals surface area contributed by atoms with E-state index in [4.69, 9.17) is 4.42 Å². The fourth-order valence-corrected chi connectivity index (χ4v) is 2.49. The number of nitrogens with one attached hydrogen (secondary N) is 1. The summed E-state index contributed by atoms with van der Waals surface area (Å²) >= 11 is 1.93. The standard InChI is InChI=1S/C15H8FIN2O4/c16-10-3-1-2-4-11(10)19-14(21)9(13(20)18-15(19)22)7-8-5-6-12(17)23-8/h1-7H,(H,18,20,22). The van der Waals surface area contributed by atoms with Crippen molar-refractivity contribution in [3.05, 3.63) is 57.3 Å². The van der Waals surface area contributed by atoms with Crippen molar-refractivity contribution in [3.8, 4) is 0 Å². The minimum atomic E-state index is -1.00. The zero-order valence-electron chi connectivity index (χ0n) is 11.4. The SMILES string of the molecule is O=C1NC(=O)N(c2ccccc2F)C(=O)C1=Cc1ccc(I)o1. The van der Waals surface area contributed by atoms with E-state index in [0.29, 0.717) is 8.67 Å². The van der Waals surface area contributed by atoms with Crippen LogP contribution in [0.1, 0.15) is 5.76 Å². The number of para-hydroxylation sites is 1. The number of anilines is 1. The predicted octanol–water partition coefficient (Wildman–Crippen LogP) is 2.69. The normalized spacial score (nSPS) is 16.9. The molecule has 1 aromatic heterocycles. The maximum atomic E-state index is 13.9. The number of hydrogen-bond acceptors (Lipinski definition) is 4.